The first-order chi connectivity index (χ1) is 11.1. The molecule has 0 N–H and O–H groups in total. The highest BCUT2D eigenvalue weighted by Crippen LogP contribution is 2.17. The second-order valence-corrected chi connectivity index (χ2v) is 7.97. The Labute approximate surface area is 147 Å². The molecular formula is C20H34N2O2. The Bertz CT molecular complexity index is 503. The molecule has 1 aromatic carbocycles. The van der Waals surface area contributed by atoms with Crippen LogP contribution in [0, 0.1) is 5.41 Å². The summed E-state index contributed by atoms with van der Waals surface area (Å²) in [5.74, 6) is 1.06. The van der Waals surface area contributed by atoms with Gasteiger partial charge in [-0.1, -0.05) is 32.9 Å². The number of methoxy groups -OCH3 is 1. The van der Waals surface area contributed by atoms with Gasteiger partial charge in [0.1, 0.15) is 5.75 Å². The monoisotopic (exact) mass is 334 g/mol. The molecule has 0 saturated carbocycles. The van der Waals surface area contributed by atoms with Gasteiger partial charge in [0.05, 0.1) is 13.7 Å². The average Bonchev–Trinajstić information content (AvgIpc) is 2.50. The molecule has 0 radical (unpaired) electrons. The van der Waals surface area contributed by atoms with Gasteiger partial charge in [-0.25, -0.2) is 0 Å². The Hall–Kier alpha value is -1.55. The van der Waals surface area contributed by atoms with Crippen LogP contribution in [0.5, 0.6) is 5.75 Å². The van der Waals surface area contributed by atoms with Gasteiger partial charge in [0.15, 0.2) is 0 Å². The van der Waals surface area contributed by atoms with Gasteiger partial charge >= 0.3 is 0 Å². The van der Waals surface area contributed by atoms with Crippen LogP contribution in [0.15, 0.2) is 24.3 Å². The SMILES string of the molecule is COc1ccc(CCN(CC(=O)N(C)C(C)C)CC(C)(C)C)cc1. The fourth-order valence-electron chi connectivity index (χ4n) is 2.56. The predicted octanol–water partition coefficient (Wildman–Crippen LogP) is 3.45. The third-order valence-electron chi connectivity index (χ3n) is 4.10. The maximum Gasteiger partial charge on any atom is 0.236 e. The summed E-state index contributed by atoms with van der Waals surface area (Å²) in [6, 6.07) is 8.39. The van der Waals surface area contributed by atoms with Gasteiger partial charge in [-0.2, -0.15) is 0 Å². The van der Waals surface area contributed by atoms with E-state index < -0.39 is 0 Å². The summed E-state index contributed by atoms with van der Waals surface area (Å²) in [6.45, 7) is 13.0. The van der Waals surface area contributed by atoms with Crippen molar-refractivity contribution >= 4 is 5.91 Å². The van der Waals surface area contributed by atoms with E-state index in [-0.39, 0.29) is 17.4 Å². The lowest BCUT2D eigenvalue weighted by Crippen LogP contribution is -2.44. The number of likely N-dealkylation sites (N-methyl/N-ethyl adjacent to an activating group) is 1. The summed E-state index contributed by atoms with van der Waals surface area (Å²) in [4.78, 5) is 16.5. The smallest absolute Gasteiger partial charge is 0.236 e. The molecule has 24 heavy (non-hydrogen) atoms. The highest BCUT2D eigenvalue weighted by atomic mass is 16.5. The number of hydrogen-bond acceptors (Lipinski definition) is 3. The molecule has 4 heteroatoms. The minimum atomic E-state index is 0.163. The Morgan fingerprint density at radius 2 is 1.75 bits per heavy atom. The molecule has 0 fully saturated rings. The Morgan fingerprint density at radius 1 is 1.17 bits per heavy atom. The van der Waals surface area contributed by atoms with E-state index in [1.807, 2.05) is 37.9 Å². The molecule has 0 bridgehead atoms. The van der Waals surface area contributed by atoms with E-state index in [0.29, 0.717) is 6.54 Å². The number of hydrogen-bond donors (Lipinski definition) is 0. The number of benzene rings is 1. The molecule has 0 unspecified atom stereocenters. The lowest BCUT2D eigenvalue weighted by molar-refractivity contribution is -0.132. The van der Waals surface area contributed by atoms with Crippen LogP contribution in [0.3, 0.4) is 0 Å². The highest BCUT2D eigenvalue weighted by molar-refractivity contribution is 5.78. The molecule has 136 valence electrons. The minimum absolute atomic E-state index is 0.163. The molecule has 1 aromatic rings. The van der Waals surface area contributed by atoms with Crippen LogP contribution in [0.1, 0.15) is 40.2 Å². The van der Waals surface area contributed by atoms with E-state index in [9.17, 15) is 4.79 Å². The molecule has 0 saturated heterocycles. The van der Waals surface area contributed by atoms with Crippen LogP contribution in [0.4, 0.5) is 0 Å². The zero-order valence-corrected chi connectivity index (χ0v) is 16.4. The second kappa shape index (κ2) is 9.07. The second-order valence-electron chi connectivity index (χ2n) is 7.97. The van der Waals surface area contributed by atoms with Crippen LogP contribution in [0.25, 0.3) is 0 Å². The first-order valence-corrected chi connectivity index (χ1v) is 8.73. The molecule has 4 nitrogen and oxygen atoms in total. The molecule has 1 amide bonds. The van der Waals surface area contributed by atoms with Crippen LogP contribution >= 0.6 is 0 Å². The van der Waals surface area contributed by atoms with Crippen molar-refractivity contribution in [2.75, 3.05) is 33.8 Å². The average molecular weight is 335 g/mol. The van der Waals surface area contributed by atoms with Gasteiger partial charge in [-0.05, 0) is 43.4 Å². The van der Waals surface area contributed by atoms with Crippen molar-refractivity contribution in [1.82, 2.24) is 9.80 Å². The predicted molar refractivity (Wildman–Crippen MR) is 100 cm³/mol. The number of amides is 1. The van der Waals surface area contributed by atoms with Crippen molar-refractivity contribution in [1.29, 1.82) is 0 Å². The quantitative estimate of drug-likeness (QED) is 0.730. The van der Waals surface area contributed by atoms with Gasteiger partial charge < -0.3 is 9.64 Å². The van der Waals surface area contributed by atoms with Crippen molar-refractivity contribution in [3.8, 4) is 5.75 Å². The molecule has 0 heterocycles. The van der Waals surface area contributed by atoms with Crippen LogP contribution in [-0.2, 0) is 11.2 Å². The maximum absolute atomic E-state index is 12.4. The van der Waals surface area contributed by atoms with E-state index in [1.165, 1.54) is 5.56 Å². The molecular weight excluding hydrogens is 300 g/mol. The van der Waals surface area contributed by atoms with Crippen molar-refractivity contribution in [2.24, 2.45) is 5.41 Å². The van der Waals surface area contributed by atoms with E-state index in [4.69, 9.17) is 4.74 Å². The van der Waals surface area contributed by atoms with Crippen LogP contribution < -0.4 is 4.74 Å². The molecule has 0 aromatic heterocycles. The third-order valence-corrected chi connectivity index (χ3v) is 4.10. The topological polar surface area (TPSA) is 32.8 Å². The van der Waals surface area contributed by atoms with Crippen molar-refractivity contribution in [2.45, 2.75) is 47.1 Å². The number of carbonyl (C=O) groups excluding carboxylic acids is 1. The largest absolute Gasteiger partial charge is 0.497 e. The summed E-state index contributed by atoms with van der Waals surface area (Å²) in [7, 11) is 3.56. The first kappa shape index (κ1) is 20.5. The zero-order valence-electron chi connectivity index (χ0n) is 16.4. The Kier molecular flexibility index (Phi) is 7.74. The highest BCUT2D eigenvalue weighted by Gasteiger charge is 2.21. The first-order valence-electron chi connectivity index (χ1n) is 8.73. The summed E-state index contributed by atoms with van der Waals surface area (Å²) in [6.07, 6.45) is 0.929. The lowest BCUT2D eigenvalue weighted by Gasteiger charge is -2.31. The van der Waals surface area contributed by atoms with Gasteiger partial charge in [0.2, 0.25) is 5.91 Å². The third kappa shape index (κ3) is 7.35. The van der Waals surface area contributed by atoms with Crippen LogP contribution in [-0.4, -0.2) is 55.5 Å². The van der Waals surface area contributed by atoms with Crippen molar-refractivity contribution < 1.29 is 9.53 Å². The number of ether oxygens (including phenoxy) is 1. The summed E-state index contributed by atoms with van der Waals surface area (Å²) >= 11 is 0. The van der Waals surface area contributed by atoms with Crippen molar-refractivity contribution in [3.05, 3.63) is 29.8 Å². The summed E-state index contributed by atoms with van der Waals surface area (Å²) in [5, 5.41) is 0. The van der Waals surface area contributed by atoms with Gasteiger partial charge in [-0.15, -0.1) is 0 Å². The lowest BCUT2D eigenvalue weighted by atomic mass is 9.95. The summed E-state index contributed by atoms with van der Waals surface area (Å²) < 4.78 is 5.20. The zero-order chi connectivity index (χ0) is 18.3. The van der Waals surface area contributed by atoms with Crippen LogP contribution in [0.2, 0.25) is 0 Å². The maximum atomic E-state index is 12.4. The van der Waals surface area contributed by atoms with Gasteiger partial charge in [0, 0.05) is 26.2 Å². The number of rotatable bonds is 8. The number of nitrogens with zero attached hydrogens (tertiary/aromatic N) is 2. The van der Waals surface area contributed by atoms with Crippen molar-refractivity contribution in [3.63, 3.8) is 0 Å². The Balaban J connectivity index is 2.69. The van der Waals surface area contributed by atoms with E-state index >= 15 is 0 Å². The molecule has 0 atom stereocenters. The molecule has 0 aliphatic heterocycles. The van der Waals surface area contributed by atoms with Gasteiger partial charge in [0.25, 0.3) is 0 Å². The fraction of sp³-hybridized carbons (Fsp3) is 0.650. The standard InChI is InChI=1S/C20H34N2O2/c1-16(2)21(6)19(23)14-22(15-20(3,4)5)13-12-17-8-10-18(24-7)11-9-17/h8-11,16H,12-15H2,1-7H3. The van der Waals surface area contributed by atoms with E-state index in [1.54, 1.807) is 7.11 Å². The molecule has 0 aliphatic carbocycles. The fourth-order valence-corrected chi connectivity index (χ4v) is 2.56. The van der Waals surface area contributed by atoms with E-state index in [0.717, 1.165) is 25.3 Å². The summed E-state index contributed by atoms with van der Waals surface area (Å²) in [5.41, 5.74) is 1.43. The molecule has 1 rings (SSSR count). The minimum Gasteiger partial charge on any atom is -0.497 e. The molecule has 0 aliphatic rings. The number of carbonyl (C=O) groups is 1. The molecule has 0 spiro atoms. The normalized spacial score (nSPS) is 11.9. The Morgan fingerprint density at radius 3 is 2.21 bits per heavy atom. The van der Waals surface area contributed by atoms with Gasteiger partial charge in [-0.3, -0.25) is 9.69 Å². The van der Waals surface area contributed by atoms with E-state index in [2.05, 4.69) is 37.8 Å².